The number of amides is 1. The van der Waals surface area contributed by atoms with Gasteiger partial charge in [-0.05, 0) is 63.3 Å². The minimum absolute atomic E-state index is 0.0177. The van der Waals surface area contributed by atoms with Crippen LogP contribution in [0, 0.1) is 12.8 Å². The van der Waals surface area contributed by atoms with Crippen LogP contribution in [0.15, 0.2) is 53.1 Å². The molecule has 3 aromatic rings. The van der Waals surface area contributed by atoms with Gasteiger partial charge in [0, 0.05) is 37.4 Å². The molecule has 2 aromatic carbocycles. The van der Waals surface area contributed by atoms with Crippen molar-refractivity contribution in [1.29, 1.82) is 0 Å². The van der Waals surface area contributed by atoms with E-state index in [2.05, 4.69) is 56.4 Å². The number of carbonyl (C=O) groups is 1. The lowest BCUT2D eigenvalue weighted by molar-refractivity contribution is -0.127. The van der Waals surface area contributed by atoms with Crippen LogP contribution in [-0.2, 0) is 17.9 Å². The Morgan fingerprint density at radius 3 is 2.54 bits per heavy atom. The third-order valence-corrected chi connectivity index (χ3v) is 7.14. The van der Waals surface area contributed by atoms with Crippen LogP contribution in [0.3, 0.4) is 0 Å². The normalized spacial score (nSPS) is 19.0. The summed E-state index contributed by atoms with van der Waals surface area (Å²) in [4.78, 5) is 22.2. The van der Waals surface area contributed by atoms with E-state index in [-0.39, 0.29) is 11.8 Å². The second-order valence-corrected chi connectivity index (χ2v) is 9.88. The molecule has 35 heavy (non-hydrogen) atoms. The van der Waals surface area contributed by atoms with E-state index in [0.29, 0.717) is 31.3 Å². The number of nitrogens with one attached hydrogen (secondary N) is 1. The topological polar surface area (TPSA) is 74.5 Å². The molecule has 1 atom stereocenters. The molecule has 0 spiro atoms. The Labute approximate surface area is 207 Å². The van der Waals surface area contributed by atoms with Crippen LogP contribution in [0.1, 0.15) is 49.1 Å². The summed E-state index contributed by atoms with van der Waals surface area (Å²) in [6.45, 7) is 7.13. The van der Waals surface area contributed by atoms with Gasteiger partial charge >= 0.3 is 0 Å². The molecule has 7 nitrogen and oxygen atoms in total. The van der Waals surface area contributed by atoms with Gasteiger partial charge in [0.2, 0.25) is 17.6 Å². The van der Waals surface area contributed by atoms with Crippen LogP contribution in [0.5, 0.6) is 0 Å². The van der Waals surface area contributed by atoms with Gasteiger partial charge in [-0.3, -0.25) is 9.69 Å². The number of anilines is 1. The highest BCUT2D eigenvalue weighted by Crippen LogP contribution is 2.22. The third kappa shape index (κ3) is 6.09. The SMILES string of the molecule is Cc1ccc(-c2noc(CN3CCCC(C(=O)NCc4ccc(N5CCCCC5)cc4)C3)n2)cc1. The van der Waals surface area contributed by atoms with Crippen LogP contribution in [0.2, 0.25) is 0 Å². The lowest BCUT2D eigenvalue weighted by Gasteiger charge is -2.31. The van der Waals surface area contributed by atoms with Gasteiger partial charge in [-0.15, -0.1) is 0 Å². The molecule has 2 fully saturated rings. The number of nitrogens with zero attached hydrogens (tertiary/aromatic N) is 4. The van der Waals surface area contributed by atoms with Gasteiger partial charge in [0.05, 0.1) is 12.5 Å². The van der Waals surface area contributed by atoms with Crippen molar-refractivity contribution in [2.75, 3.05) is 31.1 Å². The highest BCUT2D eigenvalue weighted by atomic mass is 16.5. The molecule has 1 unspecified atom stereocenters. The summed E-state index contributed by atoms with van der Waals surface area (Å²) in [7, 11) is 0. The number of rotatable bonds is 7. The summed E-state index contributed by atoms with van der Waals surface area (Å²) in [6, 6.07) is 16.7. The zero-order valence-corrected chi connectivity index (χ0v) is 20.6. The molecular formula is C28H35N5O2. The average Bonchev–Trinajstić information content (AvgIpc) is 3.37. The first-order valence-electron chi connectivity index (χ1n) is 12.9. The molecule has 0 bridgehead atoms. The lowest BCUT2D eigenvalue weighted by atomic mass is 9.97. The van der Waals surface area contributed by atoms with Gasteiger partial charge in [0.1, 0.15) is 0 Å². The van der Waals surface area contributed by atoms with E-state index in [1.165, 1.54) is 30.5 Å². The van der Waals surface area contributed by atoms with Gasteiger partial charge in [-0.25, -0.2) is 0 Å². The predicted octanol–water partition coefficient (Wildman–Crippen LogP) is 4.56. The van der Waals surface area contributed by atoms with Crippen molar-refractivity contribution in [3.63, 3.8) is 0 Å². The lowest BCUT2D eigenvalue weighted by Crippen LogP contribution is -2.42. The maximum absolute atomic E-state index is 12.9. The molecule has 184 valence electrons. The fourth-order valence-corrected chi connectivity index (χ4v) is 5.05. The molecule has 1 aromatic heterocycles. The number of aromatic nitrogens is 2. The molecule has 2 aliphatic heterocycles. The van der Waals surface area contributed by atoms with Gasteiger partial charge in [-0.2, -0.15) is 4.98 Å². The van der Waals surface area contributed by atoms with E-state index in [1.54, 1.807) is 0 Å². The van der Waals surface area contributed by atoms with E-state index in [1.807, 2.05) is 24.3 Å². The van der Waals surface area contributed by atoms with Crippen molar-refractivity contribution in [2.45, 2.75) is 52.1 Å². The molecule has 3 heterocycles. The smallest absolute Gasteiger partial charge is 0.241 e. The van der Waals surface area contributed by atoms with E-state index in [0.717, 1.165) is 43.6 Å². The quantitative estimate of drug-likeness (QED) is 0.542. The van der Waals surface area contributed by atoms with E-state index in [9.17, 15) is 4.79 Å². The second kappa shape index (κ2) is 11.0. The first-order valence-corrected chi connectivity index (χ1v) is 12.9. The molecule has 2 saturated heterocycles. The maximum Gasteiger partial charge on any atom is 0.241 e. The Morgan fingerprint density at radius 2 is 1.77 bits per heavy atom. The van der Waals surface area contributed by atoms with Gasteiger partial charge in [0.25, 0.3) is 0 Å². The Balaban J connectivity index is 1.11. The standard InChI is InChI=1S/C28H35N5O2/c1-21-7-11-23(12-8-21)27-30-26(35-31-27)20-32-15-5-6-24(19-32)28(34)29-18-22-9-13-25(14-10-22)33-16-3-2-4-17-33/h7-14,24H,2-6,15-20H2,1H3,(H,29,34). The Bertz CT molecular complexity index is 1100. The molecule has 0 saturated carbocycles. The number of carbonyl (C=O) groups excluding carboxylic acids is 1. The number of hydrogen-bond acceptors (Lipinski definition) is 6. The van der Waals surface area contributed by atoms with Crippen LogP contribution in [-0.4, -0.2) is 47.1 Å². The van der Waals surface area contributed by atoms with Crippen molar-refractivity contribution >= 4 is 11.6 Å². The molecule has 0 radical (unpaired) electrons. The van der Waals surface area contributed by atoms with Crippen molar-refractivity contribution < 1.29 is 9.32 Å². The summed E-state index contributed by atoms with van der Waals surface area (Å²) < 4.78 is 5.50. The minimum Gasteiger partial charge on any atom is -0.372 e. The molecule has 5 rings (SSSR count). The first-order chi connectivity index (χ1) is 17.1. The minimum atomic E-state index is -0.0177. The molecule has 1 amide bonds. The first kappa shape index (κ1) is 23.5. The Kier molecular flexibility index (Phi) is 7.42. The number of piperidine rings is 2. The van der Waals surface area contributed by atoms with Gasteiger partial charge < -0.3 is 14.7 Å². The fourth-order valence-electron chi connectivity index (χ4n) is 5.05. The van der Waals surface area contributed by atoms with E-state index < -0.39 is 0 Å². The summed E-state index contributed by atoms with van der Waals surface area (Å²) in [6.07, 6.45) is 5.78. The van der Waals surface area contributed by atoms with Gasteiger partial charge in [0.15, 0.2) is 0 Å². The molecule has 1 N–H and O–H groups in total. The summed E-state index contributed by atoms with van der Waals surface area (Å²) in [5.74, 6) is 1.31. The van der Waals surface area contributed by atoms with Crippen molar-refractivity contribution in [3.05, 3.63) is 65.5 Å². The largest absolute Gasteiger partial charge is 0.372 e. The van der Waals surface area contributed by atoms with E-state index in [4.69, 9.17) is 4.52 Å². The zero-order valence-electron chi connectivity index (χ0n) is 20.6. The van der Waals surface area contributed by atoms with Crippen LogP contribution in [0.4, 0.5) is 5.69 Å². The molecule has 2 aliphatic rings. The molecular weight excluding hydrogens is 438 g/mol. The molecule has 0 aliphatic carbocycles. The highest BCUT2D eigenvalue weighted by molar-refractivity contribution is 5.79. The Hall–Kier alpha value is -3.19. The highest BCUT2D eigenvalue weighted by Gasteiger charge is 2.27. The second-order valence-electron chi connectivity index (χ2n) is 9.88. The summed E-state index contributed by atoms with van der Waals surface area (Å²) >= 11 is 0. The third-order valence-electron chi connectivity index (χ3n) is 7.14. The van der Waals surface area contributed by atoms with Crippen LogP contribution < -0.4 is 10.2 Å². The van der Waals surface area contributed by atoms with Gasteiger partial charge in [-0.1, -0.05) is 47.1 Å². The Morgan fingerprint density at radius 1 is 1.00 bits per heavy atom. The van der Waals surface area contributed by atoms with Crippen molar-refractivity contribution in [2.24, 2.45) is 5.92 Å². The molecule has 7 heteroatoms. The van der Waals surface area contributed by atoms with Crippen LogP contribution in [0.25, 0.3) is 11.4 Å². The summed E-state index contributed by atoms with van der Waals surface area (Å²) in [5.41, 5.74) is 4.57. The number of hydrogen-bond donors (Lipinski definition) is 1. The predicted molar refractivity (Wildman–Crippen MR) is 137 cm³/mol. The van der Waals surface area contributed by atoms with Crippen molar-refractivity contribution in [3.8, 4) is 11.4 Å². The zero-order chi connectivity index (χ0) is 24.0. The summed E-state index contributed by atoms with van der Waals surface area (Å²) in [5, 5.41) is 7.29. The number of aryl methyl sites for hydroxylation is 1. The fraction of sp³-hybridized carbons (Fsp3) is 0.464. The maximum atomic E-state index is 12.9. The van der Waals surface area contributed by atoms with Crippen molar-refractivity contribution in [1.82, 2.24) is 20.4 Å². The average molecular weight is 474 g/mol. The van der Waals surface area contributed by atoms with Crippen LogP contribution >= 0.6 is 0 Å². The number of benzene rings is 2. The monoisotopic (exact) mass is 473 g/mol. The number of likely N-dealkylation sites (tertiary alicyclic amines) is 1. The van der Waals surface area contributed by atoms with E-state index >= 15 is 0 Å².